The molecule has 0 radical (unpaired) electrons. The molecule has 140 heavy (non-hydrogen) atoms. The van der Waals surface area contributed by atoms with Gasteiger partial charge in [-0.1, -0.05) is 174 Å². The minimum absolute atomic E-state index is 0. The zero-order valence-electron chi connectivity index (χ0n) is 74.2. The first-order valence-electron chi connectivity index (χ1n) is 43.1. The average molecular weight is 2400 g/mol. The van der Waals surface area contributed by atoms with Crippen LogP contribution in [0.2, 0.25) is 0 Å². The summed E-state index contributed by atoms with van der Waals surface area (Å²) in [4.78, 5) is 43.2. The van der Waals surface area contributed by atoms with Crippen molar-refractivity contribution in [2.24, 2.45) is 0 Å². The van der Waals surface area contributed by atoms with Crippen LogP contribution in [0.4, 0.5) is 4.39 Å². The normalized spacial score (nSPS) is 10.9. The van der Waals surface area contributed by atoms with Crippen molar-refractivity contribution in [3.8, 4) is 40.4 Å². The number of nitrogens with one attached hydrogen (secondary N) is 1. The van der Waals surface area contributed by atoms with E-state index in [1.807, 2.05) is 134 Å². The quantitative estimate of drug-likeness (QED) is 0.0262. The van der Waals surface area contributed by atoms with E-state index in [9.17, 15) is 9.50 Å². The van der Waals surface area contributed by atoms with E-state index in [0.717, 1.165) is 128 Å². The summed E-state index contributed by atoms with van der Waals surface area (Å²) in [6, 6.07) is 126. The van der Waals surface area contributed by atoms with Crippen molar-refractivity contribution in [2.75, 3.05) is 0 Å². The number of halogens is 6. The molecular weight excluding hydrogens is 2310 g/mol. The predicted molar refractivity (Wildman–Crippen MR) is 585 cm³/mol. The predicted octanol–water partition coefficient (Wildman–Crippen LogP) is 27.6. The number of pyridine rings is 9. The molecule has 0 atom stereocenters. The molecular formula is C115H85Br5Cs2FN12O5+. The third-order valence-corrected chi connectivity index (χ3v) is 26.7. The number of aromatic nitrogens is 12. The molecule has 0 amide bonds. The first-order valence-corrected chi connectivity index (χ1v) is 46.6. The minimum Gasteiger partial charge on any atom is -0.508 e. The Hall–Kier alpha value is -11.2. The maximum absolute atomic E-state index is 9.79. The molecule has 27 rings (SSSR count). The van der Waals surface area contributed by atoms with Gasteiger partial charge in [-0.3, -0.25) is 13.9 Å². The SMILES string of the molecule is Brc1cc2ccccc2cc1Br.Brc1ccc2c3cc4ccccc4cc3n3cccc3c2n1.Brc1ccc2c3cc4ccccc4cc3n3cccc3c2n1.Brc1cccc(-c2ccc[nH]2)n1.C.C.C.Oc1ccc2c3ccccc3n(-c3ccccn3)c2c1.[2H]OOC=O.[CH2-]F.[Cs+].[Cs+].c1ccc(-n2c3ccccc3c3ccc(Oc4ccc5c6cc7ccccc7cc6n6cccc6c5n4)cc32)nc1. The molecule has 15 heterocycles. The molecule has 15 aromatic heterocycles. The van der Waals surface area contributed by atoms with Gasteiger partial charge in [-0.05, 0) is 323 Å². The van der Waals surface area contributed by atoms with Gasteiger partial charge < -0.3 is 37.3 Å². The van der Waals surface area contributed by atoms with Crippen LogP contribution in [0.5, 0.6) is 17.4 Å². The molecule has 27 aromatic rings. The Bertz CT molecular complexity index is 8970. The number of benzene rings is 12. The summed E-state index contributed by atoms with van der Waals surface area (Å²) in [6.45, 7) is 0.0208. The van der Waals surface area contributed by atoms with Gasteiger partial charge in [0.25, 0.3) is 1.43 Å². The maximum Gasteiger partial charge on any atom is 1.00 e. The third-order valence-electron chi connectivity index (χ3n) is 23.5. The Kier molecular flexibility index (Phi) is 33.9. The number of phenolic OH excluding ortho intramolecular Hbond substituents is 1. The van der Waals surface area contributed by atoms with E-state index in [2.05, 4.69) is 387 Å². The second-order valence-corrected chi connectivity index (χ2v) is 35.5. The Balaban J connectivity index is 0.000000131. The van der Waals surface area contributed by atoms with Crippen LogP contribution in [0.15, 0.2) is 430 Å². The van der Waals surface area contributed by atoms with E-state index < -0.39 is 0 Å². The van der Waals surface area contributed by atoms with Gasteiger partial charge in [0.05, 0.1) is 83.1 Å². The van der Waals surface area contributed by atoms with Gasteiger partial charge in [0.2, 0.25) is 5.88 Å². The number of fused-ring (bicyclic) bond motifs is 28. The topological polar surface area (TPSA) is 192 Å². The van der Waals surface area contributed by atoms with Gasteiger partial charge in [0.1, 0.15) is 36.9 Å². The van der Waals surface area contributed by atoms with Gasteiger partial charge >= 0.3 is 144 Å². The van der Waals surface area contributed by atoms with Crippen LogP contribution in [-0.2, 0) is 9.68 Å². The number of hydrogen-bond acceptors (Lipinski definition) is 11. The second-order valence-electron chi connectivity index (χ2n) is 31.3. The number of carbonyl (C=O) groups is 1. The van der Waals surface area contributed by atoms with Crippen molar-refractivity contribution in [1.82, 2.24) is 57.2 Å². The number of para-hydroxylation sites is 2. The number of hydrogen-bond donors (Lipinski definition) is 3. The molecule has 0 bridgehead atoms. The van der Waals surface area contributed by atoms with E-state index in [-0.39, 0.29) is 172 Å². The summed E-state index contributed by atoms with van der Waals surface area (Å²) >= 11 is 17.2. The molecule has 678 valence electrons. The van der Waals surface area contributed by atoms with Crippen LogP contribution in [0.25, 0.3) is 193 Å². The van der Waals surface area contributed by atoms with E-state index in [1.54, 1.807) is 25.5 Å². The Morgan fingerprint density at radius 1 is 0.336 bits per heavy atom. The van der Waals surface area contributed by atoms with Crippen LogP contribution in [0.3, 0.4) is 0 Å². The Morgan fingerprint density at radius 3 is 1.13 bits per heavy atom. The Labute approximate surface area is 966 Å². The molecule has 0 saturated carbocycles. The van der Waals surface area contributed by atoms with Gasteiger partial charge in [0.15, 0.2) is 0 Å². The fraction of sp³-hybridized carbons (Fsp3) is 0.0261. The number of phenols is 1. The maximum atomic E-state index is 9.79. The molecule has 0 saturated heterocycles. The van der Waals surface area contributed by atoms with E-state index in [0.29, 0.717) is 5.88 Å². The summed E-state index contributed by atoms with van der Waals surface area (Å²) in [5, 5.41) is 34.6. The first-order chi connectivity index (χ1) is 66.8. The van der Waals surface area contributed by atoms with Crippen molar-refractivity contribution in [2.45, 2.75) is 22.3 Å². The van der Waals surface area contributed by atoms with Crippen molar-refractivity contribution >= 4 is 255 Å². The van der Waals surface area contributed by atoms with Crippen LogP contribution < -0.4 is 143 Å². The van der Waals surface area contributed by atoms with E-state index >= 15 is 0 Å². The molecule has 0 spiro atoms. The van der Waals surface area contributed by atoms with Crippen LogP contribution in [0, 0.1) is 7.18 Å². The number of aromatic amines is 1. The minimum atomic E-state index is 0. The van der Waals surface area contributed by atoms with Crippen LogP contribution in [0.1, 0.15) is 22.3 Å². The largest absolute Gasteiger partial charge is 1.00 e. The van der Waals surface area contributed by atoms with Crippen molar-refractivity contribution in [3.63, 3.8) is 0 Å². The van der Waals surface area contributed by atoms with E-state index in [4.69, 9.17) is 25.9 Å². The van der Waals surface area contributed by atoms with Crippen molar-refractivity contribution in [3.05, 3.63) is 437 Å². The van der Waals surface area contributed by atoms with Crippen LogP contribution >= 0.6 is 79.6 Å². The third kappa shape index (κ3) is 21.2. The number of carbonyl (C=O) groups excluding carboxylic acids is 1. The number of ether oxygens (including phenoxy) is 1. The van der Waals surface area contributed by atoms with Crippen LogP contribution in [-0.4, -0.2) is 74.1 Å². The zero-order chi connectivity index (χ0) is 92.9. The van der Waals surface area contributed by atoms with Gasteiger partial charge in [-0.25, -0.2) is 35.2 Å². The summed E-state index contributed by atoms with van der Waals surface area (Å²) in [7, 11) is 1.75. The van der Waals surface area contributed by atoms with Gasteiger partial charge in [0, 0.05) is 118 Å². The first kappa shape index (κ1) is 102. The molecule has 25 heteroatoms. The molecule has 17 nitrogen and oxygen atoms in total. The Morgan fingerprint density at radius 2 is 0.714 bits per heavy atom. The average Bonchev–Trinajstić information content (AvgIpc) is 1.72. The number of rotatable bonds is 7. The standard InChI is InChI=1S/C36H22N4O.2C19H11BrN2.C17H12N2O.C10H6Br2.C9H7BrN2.CH2F.CH2O3.3CH4.2Cs/c1-2-9-24-21-32-29(20-23(24)8-1)28-16-17-35(38-36(28)31-12-7-19-39(31)32)41-25-14-15-27-26-10-3-4-11-30(26)40(33(27)22-25)34-13-5-6-18-37-34;2*20-18-8-7-14-15-10-12-4-1-2-5-13(12)11-17(15)22-9-3-6-16(22)19(14)21-18;20-12-8-9-14-13-5-1-2-6-15(13)19(16(14)11-12)17-7-3-4-10-18-17;11-9-5-7-3-1-2-4-8(7)6-10(9)12;10-9-5-1-3-8(12-9)7-4-2-6-11-7;1-2;2-1-4-3;;;;;/h1-22H;2*1-11H;1-11,20H;1-6H;1-6,11H;1H2;1,3H;3*1H4;;/q;;;;;;-1;;;;;2*+1/i/hD. The fourth-order valence-electron chi connectivity index (χ4n) is 17.7. The molecule has 12 aromatic carbocycles. The summed E-state index contributed by atoms with van der Waals surface area (Å²) in [5.74, 6) is 3.26. The molecule has 0 fully saturated rings. The molecule has 0 unspecified atom stereocenters. The van der Waals surface area contributed by atoms with Crippen molar-refractivity contribution < 1.29 is 167 Å². The number of aromatic hydroxyl groups is 1. The second kappa shape index (κ2) is 46.7. The zero-order valence-corrected chi connectivity index (χ0v) is 93.7. The number of H-pyrrole nitrogens is 1. The smallest absolute Gasteiger partial charge is 0.508 e. The van der Waals surface area contributed by atoms with Crippen molar-refractivity contribution in [1.29, 1.82) is 1.43 Å². The van der Waals surface area contributed by atoms with E-state index in [1.165, 1.54) is 92.0 Å². The summed E-state index contributed by atoms with van der Waals surface area (Å²) < 4.78 is 37.0. The number of nitrogens with zero attached hydrogens (tertiary/aromatic N) is 11. The molecule has 0 aliphatic carbocycles. The molecule has 0 aliphatic rings. The molecule has 3 N–H and O–H groups in total. The monoisotopic (exact) mass is 2390 g/mol. The summed E-state index contributed by atoms with van der Waals surface area (Å²) in [6.07, 6.45) is 11.8. The van der Waals surface area contributed by atoms with Gasteiger partial charge in [-0.2, -0.15) is 7.18 Å². The fourth-order valence-corrected chi connectivity index (χ4v) is 19.4. The molecule has 0 aliphatic heterocycles. The van der Waals surface area contributed by atoms with Gasteiger partial charge in [-0.15, -0.1) is 0 Å². The summed E-state index contributed by atoms with van der Waals surface area (Å²) in [5.41, 5.74) is 16.1.